The number of carbonyl (C=O) groups excluding carboxylic acids is 1. The number of anilines is 1. The van der Waals surface area contributed by atoms with E-state index in [1.165, 1.54) is 16.7 Å². The number of hydrogen-bond acceptors (Lipinski definition) is 2. The van der Waals surface area contributed by atoms with Gasteiger partial charge < -0.3 is 5.32 Å². The Balaban J connectivity index is 2.04. The minimum Gasteiger partial charge on any atom is -0.321 e. The lowest BCUT2D eigenvalue weighted by molar-refractivity contribution is 0.102. The Bertz CT molecular complexity index is 878. The number of fused-ring (bicyclic) bond motifs is 1. The van der Waals surface area contributed by atoms with Crippen LogP contribution in [0.25, 0.3) is 5.65 Å². The highest BCUT2D eigenvalue weighted by Gasteiger charge is 2.19. The second kappa shape index (κ2) is 5.83. The zero-order chi connectivity index (χ0) is 16.6. The molecule has 2 aromatic heterocycles. The highest BCUT2D eigenvalue weighted by Crippen LogP contribution is 2.18. The maximum Gasteiger partial charge on any atom is 0.274 e. The van der Waals surface area contributed by atoms with Gasteiger partial charge in [-0.05, 0) is 55.7 Å². The summed E-state index contributed by atoms with van der Waals surface area (Å²) >= 11 is 0. The van der Waals surface area contributed by atoms with Crippen LogP contribution in [-0.2, 0) is 6.42 Å². The minimum atomic E-state index is -0.405. The molecule has 23 heavy (non-hydrogen) atoms. The van der Waals surface area contributed by atoms with Crippen molar-refractivity contribution >= 4 is 17.2 Å². The minimum absolute atomic E-state index is 0.287. The Morgan fingerprint density at radius 3 is 2.57 bits per heavy atom. The molecule has 1 amide bonds. The van der Waals surface area contributed by atoms with Gasteiger partial charge in [-0.2, -0.15) is 0 Å². The normalized spacial score (nSPS) is 11.0. The fraction of sp³-hybridized carbons (Fsp3) is 0.222. The van der Waals surface area contributed by atoms with Crippen molar-refractivity contribution in [2.24, 2.45) is 0 Å². The van der Waals surface area contributed by atoms with Crippen LogP contribution in [0.15, 0.2) is 36.5 Å². The Morgan fingerprint density at radius 2 is 1.91 bits per heavy atom. The number of pyridine rings is 1. The summed E-state index contributed by atoms with van der Waals surface area (Å²) in [7, 11) is 0. The second-order valence-electron chi connectivity index (χ2n) is 5.67. The van der Waals surface area contributed by atoms with Crippen molar-refractivity contribution in [3.8, 4) is 0 Å². The van der Waals surface area contributed by atoms with Gasteiger partial charge in [-0.1, -0.05) is 13.0 Å². The number of halogens is 1. The highest BCUT2D eigenvalue weighted by atomic mass is 19.1. The summed E-state index contributed by atoms with van der Waals surface area (Å²) in [5.74, 6) is -0.692. The standard InChI is InChI=1S/C18H18FN3O/c1-4-15-17(22-10-13(19)5-6-16(22)21-15)18(23)20-14-8-11(2)7-12(3)9-14/h5-10H,4H2,1-3H3,(H,20,23). The third kappa shape index (κ3) is 2.95. The SMILES string of the molecule is CCc1nc2ccc(F)cn2c1C(=O)Nc1cc(C)cc(C)c1. The summed E-state index contributed by atoms with van der Waals surface area (Å²) in [6.45, 7) is 5.87. The van der Waals surface area contributed by atoms with E-state index in [4.69, 9.17) is 0 Å². The van der Waals surface area contributed by atoms with E-state index in [1.54, 1.807) is 6.07 Å². The molecule has 5 heteroatoms. The number of rotatable bonds is 3. The van der Waals surface area contributed by atoms with Gasteiger partial charge in [0, 0.05) is 11.9 Å². The van der Waals surface area contributed by atoms with Gasteiger partial charge in [0.25, 0.3) is 5.91 Å². The number of imidazole rings is 1. The van der Waals surface area contributed by atoms with Gasteiger partial charge >= 0.3 is 0 Å². The van der Waals surface area contributed by atoms with Crippen LogP contribution in [0.4, 0.5) is 10.1 Å². The molecule has 1 aromatic carbocycles. The molecule has 0 spiro atoms. The van der Waals surface area contributed by atoms with E-state index in [0.29, 0.717) is 23.5 Å². The number of carbonyl (C=O) groups is 1. The molecule has 0 aliphatic carbocycles. The van der Waals surface area contributed by atoms with Crippen molar-refractivity contribution in [3.63, 3.8) is 0 Å². The van der Waals surface area contributed by atoms with E-state index >= 15 is 0 Å². The van der Waals surface area contributed by atoms with Gasteiger partial charge in [0.05, 0.1) is 5.69 Å². The molecule has 0 bridgehead atoms. The van der Waals surface area contributed by atoms with Crippen LogP contribution in [0.3, 0.4) is 0 Å². The first-order valence-corrected chi connectivity index (χ1v) is 7.54. The summed E-state index contributed by atoms with van der Waals surface area (Å²) in [4.78, 5) is 17.1. The Kier molecular flexibility index (Phi) is 3.86. The van der Waals surface area contributed by atoms with Crippen molar-refractivity contribution in [2.45, 2.75) is 27.2 Å². The smallest absolute Gasteiger partial charge is 0.274 e. The topological polar surface area (TPSA) is 46.4 Å². The third-order valence-corrected chi connectivity index (χ3v) is 3.68. The van der Waals surface area contributed by atoms with Gasteiger partial charge in [0.15, 0.2) is 0 Å². The molecular formula is C18H18FN3O. The lowest BCUT2D eigenvalue weighted by Gasteiger charge is -2.08. The van der Waals surface area contributed by atoms with E-state index < -0.39 is 5.82 Å². The molecule has 4 nitrogen and oxygen atoms in total. The van der Waals surface area contributed by atoms with Crippen molar-refractivity contribution < 1.29 is 9.18 Å². The van der Waals surface area contributed by atoms with Crippen LogP contribution in [-0.4, -0.2) is 15.3 Å². The van der Waals surface area contributed by atoms with Crippen LogP contribution < -0.4 is 5.32 Å². The van der Waals surface area contributed by atoms with Crippen LogP contribution in [0.2, 0.25) is 0 Å². The highest BCUT2D eigenvalue weighted by molar-refractivity contribution is 6.04. The quantitative estimate of drug-likeness (QED) is 0.797. The number of nitrogens with zero attached hydrogens (tertiary/aromatic N) is 2. The fourth-order valence-electron chi connectivity index (χ4n) is 2.79. The molecule has 2 heterocycles. The van der Waals surface area contributed by atoms with Crippen molar-refractivity contribution in [2.75, 3.05) is 5.32 Å². The van der Waals surface area contributed by atoms with Crippen LogP contribution in [0.5, 0.6) is 0 Å². The largest absolute Gasteiger partial charge is 0.321 e. The number of benzene rings is 1. The maximum absolute atomic E-state index is 13.5. The molecule has 3 rings (SSSR count). The van der Waals surface area contributed by atoms with Crippen molar-refractivity contribution in [3.05, 3.63) is 64.9 Å². The average molecular weight is 311 g/mol. The number of nitrogens with one attached hydrogen (secondary N) is 1. The van der Waals surface area contributed by atoms with Crippen molar-refractivity contribution in [1.29, 1.82) is 0 Å². The Morgan fingerprint density at radius 1 is 1.22 bits per heavy atom. The van der Waals surface area contributed by atoms with E-state index in [9.17, 15) is 9.18 Å². The summed E-state index contributed by atoms with van der Waals surface area (Å²) < 4.78 is 15.1. The first-order chi connectivity index (χ1) is 11.0. The van der Waals surface area contributed by atoms with E-state index in [1.807, 2.05) is 39.0 Å². The predicted octanol–water partition coefficient (Wildman–Crippen LogP) is 3.90. The summed E-state index contributed by atoms with van der Waals surface area (Å²) in [6.07, 6.45) is 1.89. The summed E-state index contributed by atoms with van der Waals surface area (Å²) in [6, 6.07) is 8.76. The van der Waals surface area contributed by atoms with Gasteiger partial charge in [-0.25, -0.2) is 9.37 Å². The van der Waals surface area contributed by atoms with E-state index in [2.05, 4.69) is 10.3 Å². The number of amides is 1. The molecule has 0 atom stereocenters. The van der Waals surface area contributed by atoms with Gasteiger partial charge in [-0.15, -0.1) is 0 Å². The van der Waals surface area contributed by atoms with Crippen LogP contribution in [0.1, 0.15) is 34.2 Å². The monoisotopic (exact) mass is 311 g/mol. The molecular weight excluding hydrogens is 293 g/mol. The molecule has 1 N–H and O–H groups in total. The van der Waals surface area contributed by atoms with Crippen LogP contribution in [0, 0.1) is 19.7 Å². The lowest BCUT2D eigenvalue weighted by atomic mass is 10.1. The molecule has 0 saturated heterocycles. The van der Waals surface area contributed by atoms with Gasteiger partial charge in [-0.3, -0.25) is 9.20 Å². The Labute approximate surface area is 134 Å². The second-order valence-corrected chi connectivity index (χ2v) is 5.67. The first-order valence-electron chi connectivity index (χ1n) is 7.54. The molecule has 3 aromatic rings. The zero-order valence-electron chi connectivity index (χ0n) is 13.4. The van der Waals surface area contributed by atoms with E-state index in [-0.39, 0.29) is 5.91 Å². The molecule has 0 saturated carbocycles. The number of hydrogen-bond donors (Lipinski definition) is 1. The van der Waals surface area contributed by atoms with Gasteiger partial charge in [0.1, 0.15) is 17.2 Å². The molecule has 0 aliphatic rings. The molecule has 0 aliphatic heterocycles. The molecule has 0 fully saturated rings. The lowest BCUT2D eigenvalue weighted by Crippen LogP contribution is -2.16. The molecule has 0 radical (unpaired) electrons. The fourth-order valence-corrected chi connectivity index (χ4v) is 2.79. The predicted molar refractivity (Wildman–Crippen MR) is 88.4 cm³/mol. The third-order valence-electron chi connectivity index (χ3n) is 3.68. The first kappa shape index (κ1) is 15.2. The van der Waals surface area contributed by atoms with Crippen molar-refractivity contribution in [1.82, 2.24) is 9.38 Å². The van der Waals surface area contributed by atoms with Crippen LogP contribution >= 0.6 is 0 Å². The summed E-state index contributed by atoms with van der Waals surface area (Å²) in [5.41, 5.74) is 4.45. The van der Waals surface area contributed by atoms with E-state index in [0.717, 1.165) is 16.8 Å². The Hall–Kier alpha value is -2.69. The maximum atomic E-state index is 13.5. The average Bonchev–Trinajstić information content (AvgIpc) is 2.83. The summed E-state index contributed by atoms with van der Waals surface area (Å²) in [5, 5.41) is 2.89. The zero-order valence-corrected chi connectivity index (χ0v) is 13.4. The number of aryl methyl sites for hydroxylation is 3. The molecule has 0 unspecified atom stereocenters. The van der Waals surface area contributed by atoms with Gasteiger partial charge in [0.2, 0.25) is 0 Å². The molecule has 118 valence electrons. The number of aromatic nitrogens is 2.